The highest BCUT2D eigenvalue weighted by molar-refractivity contribution is 7.15. The van der Waals surface area contributed by atoms with E-state index in [2.05, 4.69) is 9.88 Å². The molecule has 0 saturated carbocycles. The fraction of sp³-hybridized carbons (Fsp3) is 0.526. The van der Waals surface area contributed by atoms with Gasteiger partial charge in [0.1, 0.15) is 5.01 Å². The Kier molecular flexibility index (Phi) is 5.28. The van der Waals surface area contributed by atoms with Crippen LogP contribution in [0.3, 0.4) is 0 Å². The smallest absolute Gasteiger partial charge is 0.226 e. The molecule has 26 heavy (non-hydrogen) atoms. The van der Waals surface area contributed by atoms with Crippen LogP contribution < -0.4 is 0 Å². The number of fused-ring (bicyclic) bond motifs is 1. The molecule has 0 bridgehead atoms. The van der Waals surface area contributed by atoms with Gasteiger partial charge in [-0.2, -0.15) is 0 Å². The van der Waals surface area contributed by atoms with Gasteiger partial charge in [0.05, 0.1) is 12.3 Å². The fourth-order valence-electron chi connectivity index (χ4n) is 3.80. The van der Waals surface area contributed by atoms with E-state index < -0.39 is 0 Å². The zero-order valence-electron chi connectivity index (χ0n) is 14.8. The van der Waals surface area contributed by atoms with Crippen molar-refractivity contribution in [1.29, 1.82) is 0 Å². The molecule has 1 amide bonds. The SMILES string of the molecule is O=C(C1CCc2sc(-c3ccncc3)nc2C1)N1CCN(CCO)CC1. The molecule has 0 aromatic carbocycles. The molecule has 0 spiro atoms. The number of aliphatic hydroxyl groups is 1. The molecule has 2 aromatic heterocycles. The van der Waals surface area contributed by atoms with Crippen LogP contribution >= 0.6 is 11.3 Å². The standard InChI is InChI=1S/C19H24N4O2S/c24-12-11-22-7-9-23(10-8-22)19(25)15-1-2-17-16(13-15)21-18(26-17)14-3-5-20-6-4-14/h3-6,15,24H,1-2,7-13H2. The minimum Gasteiger partial charge on any atom is -0.395 e. The van der Waals surface area contributed by atoms with Crippen molar-refractivity contribution in [3.63, 3.8) is 0 Å². The normalized spacial score (nSPS) is 20.8. The number of amides is 1. The van der Waals surface area contributed by atoms with E-state index in [9.17, 15) is 4.79 Å². The van der Waals surface area contributed by atoms with Crippen LogP contribution in [0.5, 0.6) is 0 Å². The molecule has 1 fully saturated rings. The fourth-order valence-corrected chi connectivity index (χ4v) is 4.91. The summed E-state index contributed by atoms with van der Waals surface area (Å²) < 4.78 is 0. The highest BCUT2D eigenvalue weighted by atomic mass is 32.1. The van der Waals surface area contributed by atoms with Crippen molar-refractivity contribution in [2.75, 3.05) is 39.3 Å². The Morgan fingerprint density at radius 3 is 2.73 bits per heavy atom. The summed E-state index contributed by atoms with van der Waals surface area (Å²) in [4.78, 5) is 27.4. The molecule has 1 saturated heterocycles. The van der Waals surface area contributed by atoms with Crippen molar-refractivity contribution in [2.45, 2.75) is 19.3 Å². The highest BCUT2D eigenvalue weighted by Crippen LogP contribution is 2.35. The van der Waals surface area contributed by atoms with E-state index in [1.165, 1.54) is 4.88 Å². The molecule has 6 nitrogen and oxygen atoms in total. The third-order valence-electron chi connectivity index (χ3n) is 5.31. The van der Waals surface area contributed by atoms with Gasteiger partial charge >= 0.3 is 0 Å². The summed E-state index contributed by atoms with van der Waals surface area (Å²) in [5.41, 5.74) is 2.20. The number of nitrogens with zero attached hydrogens (tertiary/aromatic N) is 4. The molecule has 138 valence electrons. The zero-order chi connectivity index (χ0) is 17.9. The van der Waals surface area contributed by atoms with Crippen LogP contribution in [0.15, 0.2) is 24.5 Å². The number of carbonyl (C=O) groups excluding carboxylic acids is 1. The van der Waals surface area contributed by atoms with Crippen LogP contribution in [0.25, 0.3) is 10.6 Å². The molecule has 0 radical (unpaired) electrons. The summed E-state index contributed by atoms with van der Waals surface area (Å²) in [7, 11) is 0. The molecule has 1 unspecified atom stereocenters. The van der Waals surface area contributed by atoms with Gasteiger partial charge in [-0.3, -0.25) is 14.7 Å². The van der Waals surface area contributed by atoms with Crippen molar-refractivity contribution in [1.82, 2.24) is 19.8 Å². The molecule has 1 aliphatic carbocycles. The number of hydrogen-bond acceptors (Lipinski definition) is 6. The largest absolute Gasteiger partial charge is 0.395 e. The first-order valence-electron chi connectivity index (χ1n) is 9.25. The quantitative estimate of drug-likeness (QED) is 0.880. The van der Waals surface area contributed by atoms with E-state index in [0.717, 1.165) is 61.7 Å². The van der Waals surface area contributed by atoms with Gasteiger partial charge in [-0.25, -0.2) is 4.98 Å². The first kappa shape index (κ1) is 17.6. The van der Waals surface area contributed by atoms with Crippen molar-refractivity contribution in [2.24, 2.45) is 5.92 Å². The number of aromatic nitrogens is 2. The van der Waals surface area contributed by atoms with Crippen LogP contribution in [0.2, 0.25) is 0 Å². The van der Waals surface area contributed by atoms with Crippen molar-refractivity contribution >= 4 is 17.2 Å². The maximum Gasteiger partial charge on any atom is 0.226 e. The maximum atomic E-state index is 12.9. The van der Waals surface area contributed by atoms with Gasteiger partial charge in [0.25, 0.3) is 0 Å². The molecule has 2 aromatic rings. The lowest BCUT2D eigenvalue weighted by Gasteiger charge is -2.36. The first-order chi connectivity index (χ1) is 12.7. The molecule has 1 aliphatic heterocycles. The van der Waals surface area contributed by atoms with Crippen LogP contribution in [-0.4, -0.2) is 70.1 Å². The second-order valence-corrected chi connectivity index (χ2v) is 8.04. The van der Waals surface area contributed by atoms with Gasteiger partial charge in [0.2, 0.25) is 5.91 Å². The molecule has 1 atom stereocenters. The van der Waals surface area contributed by atoms with Crippen molar-refractivity contribution < 1.29 is 9.90 Å². The Balaban J connectivity index is 1.41. The van der Waals surface area contributed by atoms with E-state index in [4.69, 9.17) is 10.1 Å². The number of pyridine rings is 1. The van der Waals surface area contributed by atoms with Gasteiger partial charge in [-0.05, 0) is 25.0 Å². The monoisotopic (exact) mass is 372 g/mol. The molecular weight excluding hydrogens is 348 g/mol. The molecule has 4 rings (SSSR count). The van der Waals surface area contributed by atoms with Crippen LogP contribution in [0.4, 0.5) is 0 Å². The van der Waals surface area contributed by atoms with E-state index in [1.807, 2.05) is 17.0 Å². The Bertz CT molecular complexity index is 756. The summed E-state index contributed by atoms with van der Waals surface area (Å²) in [6.45, 7) is 4.12. The van der Waals surface area contributed by atoms with Gasteiger partial charge < -0.3 is 10.0 Å². The van der Waals surface area contributed by atoms with Crippen LogP contribution in [0.1, 0.15) is 17.0 Å². The minimum absolute atomic E-state index is 0.0549. The molecule has 7 heteroatoms. The van der Waals surface area contributed by atoms with E-state index in [1.54, 1.807) is 23.7 Å². The van der Waals surface area contributed by atoms with Crippen LogP contribution in [0, 0.1) is 5.92 Å². The lowest BCUT2D eigenvalue weighted by Crippen LogP contribution is -2.51. The Morgan fingerprint density at radius 2 is 2.00 bits per heavy atom. The van der Waals surface area contributed by atoms with E-state index >= 15 is 0 Å². The molecule has 3 heterocycles. The van der Waals surface area contributed by atoms with E-state index in [0.29, 0.717) is 6.54 Å². The van der Waals surface area contributed by atoms with Crippen molar-refractivity contribution in [3.8, 4) is 10.6 Å². The second-order valence-electron chi connectivity index (χ2n) is 6.96. The Morgan fingerprint density at radius 1 is 1.23 bits per heavy atom. The number of β-amino-alcohol motifs (C(OH)–C–C–N with tert-alkyl or cyclic N) is 1. The van der Waals surface area contributed by atoms with Gasteiger partial charge in [-0.15, -0.1) is 11.3 Å². The third-order valence-corrected chi connectivity index (χ3v) is 6.52. The Hall–Kier alpha value is -1.83. The number of aryl methyl sites for hydroxylation is 1. The number of carbonyl (C=O) groups is 1. The number of rotatable bonds is 4. The maximum absolute atomic E-state index is 12.9. The summed E-state index contributed by atoms with van der Waals surface area (Å²) in [6, 6.07) is 3.97. The predicted molar refractivity (Wildman–Crippen MR) is 101 cm³/mol. The van der Waals surface area contributed by atoms with Gasteiger partial charge in [0.15, 0.2) is 0 Å². The van der Waals surface area contributed by atoms with E-state index in [-0.39, 0.29) is 18.4 Å². The lowest BCUT2D eigenvalue weighted by molar-refractivity contribution is -0.137. The number of hydrogen-bond donors (Lipinski definition) is 1. The molecule has 1 N–H and O–H groups in total. The molecular formula is C19H24N4O2S. The summed E-state index contributed by atoms with van der Waals surface area (Å²) in [5, 5.41) is 10.1. The number of aliphatic hydroxyl groups excluding tert-OH is 1. The van der Waals surface area contributed by atoms with Gasteiger partial charge in [0, 0.05) is 67.9 Å². The number of piperazine rings is 1. The zero-order valence-corrected chi connectivity index (χ0v) is 15.6. The predicted octanol–water partition coefficient (Wildman–Crippen LogP) is 1.45. The third kappa shape index (κ3) is 3.65. The minimum atomic E-state index is 0.0549. The Labute approximate surface area is 157 Å². The topological polar surface area (TPSA) is 69.6 Å². The molecule has 2 aliphatic rings. The average molecular weight is 372 g/mol. The lowest BCUT2D eigenvalue weighted by atomic mass is 9.89. The van der Waals surface area contributed by atoms with Crippen LogP contribution in [-0.2, 0) is 17.6 Å². The van der Waals surface area contributed by atoms with Crippen molar-refractivity contribution in [3.05, 3.63) is 35.1 Å². The summed E-state index contributed by atoms with van der Waals surface area (Å²) in [5.74, 6) is 0.331. The number of thiazole rings is 1. The van der Waals surface area contributed by atoms with Gasteiger partial charge in [-0.1, -0.05) is 0 Å². The summed E-state index contributed by atoms with van der Waals surface area (Å²) in [6.07, 6.45) is 6.20. The second kappa shape index (κ2) is 7.82. The summed E-state index contributed by atoms with van der Waals surface area (Å²) >= 11 is 1.75. The highest BCUT2D eigenvalue weighted by Gasteiger charge is 2.32. The first-order valence-corrected chi connectivity index (χ1v) is 10.1. The average Bonchev–Trinajstić information content (AvgIpc) is 3.12.